The van der Waals surface area contributed by atoms with Gasteiger partial charge in [0.2, 0.25) is 11.9 Å². The summed E-state index contributed by atoms with van der Waals surface area (Å²) in [5.74, 6) is 0.172. The van der Waals surface area contributed by atoms with E-state index in [1.807, 2.05) is 19.9 Å². The Hall–Kier alpha value is -2.11. The third kappa shape index (κ3) is 2.42. The molecule has 0 saturated heterocycles. The lowest BCUT2D eigenvalue weighted by Crippen LogP contribution is -2.53. The first-order valence-corrected chi connectivity index (χ1v) is 5.60. The van der Waals surface area contributed by atoms with Gasteiger partial charge in [-0.15, -0.1) is 0 Å². The van der Waals surface area contributed by atoms with E-state index in [1.165, 1.54) is 12.1 Å². The van der Waals surface area contributed by atoms with Gasteiger partial charge in [-0.2, -0.15) is 4.99 Å². The average molecular weight is 249 g/mol. The molecule has 1 aromatic carbocycles. The minimum absolute atomic E-state index is 0.160. The van der Waals surface area contributed by atoms with Gasteiger partial charge < -0.3 is 16.4 Å². The van der Waals surface area contributed by atoms with Crippen molar-refractivity contribution in [3.63, 3.8) is 0 Å². The minimum atomic E-state index is -0.595. The van der Waals surface area contributed by atoms with Crippen molar-refractivity contribution in [2.24, 2.45) is 21.5 Å². The molecule has 6 heteroatoms. The molecule has 0 unspecified atom stereocenters. The molecule has 18 heavy (non-hydrogen) atoms. The van der Waals surface area contributed by atoms with Gasteiger partial charge in [0.1, 0.15) is 11.5 Å². The Labute approximate surface area is 105 Å². The lowest BCUT2D eigenvalue weighted by atomic mass is 10.1. The maximum Gasteiger partial charge on any atom is 0.220 e. The van der Waals surface area contributed by atoms with Crippen LogP contribution in [0.15, 0.2) is 34.3 Å². The molecule has 4 N–H and O–H groups in total. The van der Waals surface area contributed by atoms with Crippen LogP contribution >= 0.6 is 0 Å². The van der Waals surface area contributed by atoms with Gasteiger partial charge in [0, 0.05) is 6.54 Å². The number of halogens is 1. The van der Waals surface area contributed by atoms with Crippen LogP contribution < -0.4 is 11.5 Å². The second-order valence-corrected chi connectivity index (χ2v) is 4.65. The molecule has 2 rings (SSSR count). The summed E-state index contributed by atoms with van der Waals surface area (Å²) in [6.45, 7) is 4.18. The van der Waals surface area contributed by atoms with Crippen molar-refractivity contribution in [3.05, 3.63) is 35.6 Å². The molecule has 96 valence electrons. The van der Waals surface area contributed by atoms with Crippen LogP contribution in [0.5, 0.6) is 0 Å². The summed E-state index contributed by atoms with van der Waals surface area (Å²) in [5.41, 5.74) is 11.6. The fourth-order valence-electron chi connectivity index (χ4n) is 1.92. The van der Waals surface area contributed by atoms with E-state index in [-0.39, 0.29) is 17.7 Å². The predicted molar refractivity (Wildman–Crippen MR) is 69.3 cm³/mol. The van der Waals surface area contributed by atoms with E-state index in [9.17, 15) is 4.39 Å². The summed E-state index contributed by atoms with van der Waals surface area (Å²) in [7, 11) is 0. The van der Waals surface area contributed by atoms with Crippen LogP contribution in [0.3, 0.4) is 0 Å². The number of nitrogens with zero attached hydrogens (tertiary/aromatic N) is 3. The number of aliphatic imine (C=N–C) groups is 2. The van der Waals surface area contributed by atoms with Gasteiger partial charge in [-0.25, -0.2) is 9.38 Å². The highest BCUT2D eigenvalue weighted by Gasteiger charge is 2.31. The van der Waals surface area contributed by atoms with Crippen molar-refractivity contribution in [2.45, 2.75) is 26.1 Å². The third-order valence-electron chi connectivity index (χ3n) is 2.78. The van der Waals surface area contributed by atoms with Crippen LogP contribution in [0.1, 0.15) is 19.4 Å². The Morgan fingerprint density at radius 2 is 2.06 bits per heavy atom. The summed E-state index contributed by atoms with van der Waals surface area (Å²) in [4.78, 5) is 9.93. The molecule has 1 heterocycles. The predicted octanol–water partition coefficient (Wildman–Crippen LogP) is 1.01. The number of hydrogen-bond acceptors (Lipinski definition) is 5. The van der Waals surface area contributed by atoms with Gasteiger partial charge >= 0.3 is 0 Å². The Morgan fingerprint density at radius 3 is 2.67 bits per heavy atom. The zero-order valence-electron chi connectivity index (χ0n) is 10.4. The van der Waals surface area contributed by atoms with Gasteiger partial charge in [-0.05, 0) is 31.5 Å². The normalized spacial score (nSPS) is 18.3. The third-order valence-corrected chi connectivity index (χ3v) is 2.78. The van der Waals surface area contributed by atoms with E-state index in [1.54, 1.807) is 11.0 Å². The van der Waals surface area contributed by atoms with Gasteiger partial charge in [-0.1, -0.05) is 12.1 Å². The van der Waals surface area contributed by atoms with Gasteiger partial charge in [-0.3, -0.25) is 0 Å². The lowest BCUT2D eigenvalue weighted by Gasteiger charge is -2.38. The average Bonchev–Trinajstić information content (AvgIpc) is 2.22. The van der Waals surface area contributed by atoms with Crippen LogP contribution in [0.4, 0.5) is 4.39 Å². The lowest BCUT2D eigenvalue weighted by molar-refractivity contribution is 0.210. The highest BCUT2D eigenvalue weighted by Crippen LogP contribution is 2.22. The summed E-state index contributed by atoms with van der Waals surface area (Å²) in [6, 6.07) is 6.35. The van der Waals surface area contributed by atoms with Gasteiger partial charge in [0.25, 0.3) is 0 Å². The molecule has 0 fully saturated rings. The fraction of sp³-hybridized carbons (Fsp3) is 0.333. The van der Waals surface area contributed by atoms with Gasteiger partial charge in [0.15, 0.2) is 0 Å². The molecule has 0 aromatic heterocycles. The summed E-state index contributed by atoms with van der Waals surface area (Å²) in [6.07, 6.45) is 0. The zero-order valence-corrected chi connectivity index (χ0v) is 10.4. The van der Waals surface area contributed by atoms with Gasteiger partial charge in [0.05, 0.1) is 0 Å². The number of guanidine groups is 2. The topological polar surface area (TPSA) is 80.0 Å². The molecule has 0 bridgehead atoms. The summed E-state index contributed by atoms with van der Waals surface area (Å²) >= 11 is 0. The molecule has 0 aliphatic carbocycles. The van der Waals surface area contributed by atoms with Crippen LogP contribution in [0.2, 0.25) is 0 Å². The Kier molecular flexibility index (Phi) is 2.94. The molecular weight excluding hydrogens is 233 g/mol. The highest BCUT2D eigenvalue weighted by molar-refractivity contribution is 5.95. The molecule has 1 aliphatic heterocycles. The van der Waals surface area contributed by atoms with E-state index in [4.69, 9.17) is 11.5 Å². The first-order chi connectivity index (χ1) is 8.38. The van der Waals surface area contributed by atoms with Crippen LogP contribution in [0.25, 0.3) is 0 Å². The standard InChI is InChI=1S/C12H16FN5/c1-12(2)17-10(14)16-11(15)18(12)7-8-4-3-5-9(13)6-8/h3-6H,7H2,1-2H3,(H4,14,15,16,17). The number of hydrogen-bond donors (Lipinski definition) is 2. The van der Waals surface area contributed by atoms with Crippen LogP contribution in [-0.4, -0.2) is 22.5 Å². The molecular formula is C12H16FN5. The molecule has 1 aliphatic rings. The zero-order chi connectivity index (χ0) is 13.3. The Bertz CT molecular complexity index is 521. The molecule has 0 spiro atoms. The number of rotatable bonds is 2. The van der Waals surface area contributed by atoms with E-state index >= 15 is 0 Å². The largest absolute Gasteiger partial charge is 0.369 e. The maximum absolute atomic E-state index is 13.1. The van der Waals surface area contributed by atoms with E-state index in [0.29, 0.717) is 6.54 Å². The molecule has 0 amide bonds. The quantitative estimate of drug-likeness (QED) is 0.820. The molecule has 0 saturated carbocycles. The van der Waals surface area contributed by atoms with Crippen LogP contribution in [0, 0.1) is 5.82 Å². The number of benzene rings is 1. The summed E-state index contributed by atoms with van der Waals surface area (Å²) in [5, 5.41) is 0. The minimum Gasteiger partial charge on any atom is -0.369 e. The SMILES string of the molecule is CC1(C)N=C(N)N=C(N)N1Cc1cccc(F)c1. The van der Waals surface area contributed by atoms with E-state index < -0.39 is 5.66 Å². The van der Waals surface area contributed by atoms with Crippen molar-refractivity contribution in [1.82, 2.24) is 4.90 Å². The van der Waals surface area contributed by atoms with Crippen molar-refractivity contribution in [1.29, 1.82) is 0 Å². The highest BCUT2D eigenvalue weighted by atomic mass is 19.1. The second-order valence-electron chi connectivity index (χ2n) is 4.65. The Balaban J connectivity index is 2.26. The van der Waals surface area contributed by atoms with Crippen molar-refractivity contribution in [2.75, 3.05) is 0 Å². The monoisotopic (exact) mass is 249 g/mol. The summed E-state index contributed by atoms with van der Waals surface area (Å²) < 4.78 is 13.1. The first-order valence-electron chi connectivity index (χ1n) is 5.60. The molecule has 5 nitrogen and oxygen atoms in total. The fourth-order valence-corrected chi connectivity index (χ4v) is 1.92. The first kappa shape index (κ1) is 12.3. The van der Waals surface area contributed by atoms with Crippen molar-refractivity contribution >= 4 is 11.9 Å². The molecule has 0 radical (unpaired) electrons. The smallest absolute Gasteiger partial charge is 0.220 e. The molecule has 1 aromatic rings. The van der Waals surface area contributed by atoms with Crippen LogP contribution in [-0.2, 0) is 6.54 Å². The maximum atomic E-state index is 13.1. The van der Waals surface area contributed by atoms with Crippen molar-refractivity contribution < 1.29 is 4.39 Å². The van der Waals surface area contributed by atoms with Crippen molar-refractivity contribution in [3.8, 4) is 0 Å². The van der Waals surface area contributed by atoms with E-state index in [0.717, 1.165) is 5.56 Å². The van der Waals surface area contributed by atoms with E-state index in [2.05, 4.69) is 9.98 Å². The Morgan fingerprint density at radius 1 is 1.33 bits per heavy atom. The molecule has 0 atom stereocenters. The second kappa shape index (κ2) is 4.29. The number of nitrogens with two attached hydrogens (primary N) is 2.